The van der Waals surface area contributed by atoms with Gasteiger partial charge in [-0.3, -0.25) is 4.79 Å². The Kier molecular flexibility index (Phi) is 6.04. The van der Waals surface area contributed by atoms with E-state index in [0.717, 1.165) is 38.4 Å². The third-order valence-electron chi connectivity index (χ3n) is 6.31. The van der Waals surface area contributed by atoms with E-state index in [1.54, 1.807) is 4.90 Å². The molecule has 0 aliphatic carbocycles. The van der Waals surface area contributed by atoms with E-state index in [0.29, 0.717) is 13.0 Å². The maximum atomic E-state index is 12.7. The zero-order valence-corrected chi connectivity index (χ0v) is 17.9. The Bertz CT molecular complexity index is 907. The summed E-state index contributed by atoms with van der Waals surface area (Å²) in [6.07, 6.45) is 0.359. The standard InChI is InChI=1S/C24H30N4O2/c1-18-8-9-22(14-19(18)2)28-17-21(15-23(28)29)25-24(30)27-12-10-26(11-13-27)16-20-6-4-3-5-7-20/h3-9,14,21H,10-13,15-17H2,1-2H3,(H,25,30)/p+1/t21-/m1/s1. The van der Waals surface area contributed by atoms with Gasteiger partial charge in [-0.05, 0) is 37.1 Å². The summed E-state index contributed by atoms with van der Waals surface area (Å²) in [5.74, 6) is 0.0701. The number of anilines is 1. The second-order valence-corrected chi connectivity index (χ2v) is 8.52. The zero-order valence-electron chi connectivity index (χ0n) is 17.9. The van der Waals surface area contributed by atoms with Gasteiger partial charge in [0.25, 0.3) is 0 Å². The number of urea groups is 1. The number of nitrogens with zero attached hydrogens (tertiary/aromatic N) is 2. The van der Waals surface area contributed by atoms with E-state index >= 15 is 0 Å². The number of hydrogen-bond donors (Lipinski definition) is 2. The third kappa shape index (κ3) is 4.65. The molecule has 30 heavy (non-hydrogen) atoms. The number of quaternary nitrogens is 1. The molecule has 6 nitrogen and oxygen atoms in total. The molecule has 1 atom stereocenters. The molecule has 2 N–H and O–H groups in total. The van der Waals surface area contributed by atoms with Crippen LogP contribution in [-0.4, -0.2) is 55.6 Å². The zero-order chi connectivity index (χ0) is 21.1. The van der Waals surface area contributed by atoms with Crippen molar-refractivity contribution in [3.05, 3.63) is 65.2 Å². The number of hydrogen-bond acceptors (Lipinski definition) is 2. The fraction of sp³-hybridized carbons (Fsp3) is 0.417. The minimum absolute atomic E-state index is 0.0477. The summed E-state index contributed by atoms with van der Waals surface area (Å²) in [5.41, 5.74) is 4.63. The van der Waals surface area contributed by atoms with Crippen molar-refractivity contribution in [1.29, 1.82) is 0 Å². The van der Waals surface area contributed by atoms with E-state index in [-0.39, 0.29) is 18.0 Å². The van der Waals surface area contributed by atoms with Crippen LogP contribution in [0.5, 0.6) is 0 Å². The van der Waals surface area contributed by atoms with Crippen molar-refractivity contribution in [3.63, 3.8) is 0 Å². The first-order chi connectivity index (χ1) is 14.5. The highest BCUT2D eigenvalue weighted by Gasteiger charge is 2.33. The molecule has 0 saturated carbocycles. The third-order valence-corrected chi connectivity index (χ3v) is 6.31. The van der Waals surface area contributed by atoms with Crippen LogP contribution in [0.15, 0.2) is 48.5 Å². The lowest BCUT2D eigenvalue weighted by atomic mass is 10.1. The molecule has 2 aromatic carbocycles. The molecule has 2 aliphatic rings. The topological polar surface area (TPSA) is 57.1 Å². The first-order valence-electron chi connectivity index (χ1n) is 10.8. The van der Waals surface area contributed by atoms with Gasteiger partial charge in [-0.15, -0.1) is 0 Å². The molecule has 0 unspecified atom stereocenters. The van der Waals surface area contributed by atoms with E-state index in [2.05, 4.69) is 43.4 Å². The average molecular weight is 408 g/mol. The van der Waals surface area contributed by atoms with Crippen LogP contribution in [0.3, 0.4) is 0 Å². The monoisotopic (exact) mass is 407 g/mol. The lowest BCUT2D eigenvalue weighted by molar-refractivity contribution is -0.917. The minimum atomic E-state index is -0.138. The summed E-state index contributed by atoms with van der Waals surface area (Å²) in [6, 6.07) is 16.4. The number of nitrogens with one attached hydrogen (secondary N) is 2. The van der Waals surface area contributed by atoms with Crippen LogP contribution in [0.25, 0.3) is 0 Å². The van der Waals surface area contributed by atoms with Crippen molar-refractivity contribution in [2.24, 2.45) is 0 Å². The van der Waals surface area contributed by atoms with Crippen molar-refractivity contribution in [1.82, 2.24) is 10.2 Å². The molecule has 0 spiro atoms. The van der Waals surface area contributed by atoms with Gasteiger partial charge in [-0.25, -0.2) is 4.79 Å². The highest BCUT2D eigenvalue weighted by atomic mass is 16.2. The van der Waals surface area contributed by atoms with Crippen molar-refractivity contribution in [2.45, 2.75) is 32.9 Å². The van der Waals surface area contributed by atoms with Gasteiger partial charge in [-0.2, -0.15) is 0 Å². The summed E-state index contributed by atoms with van der Waals surface area (Å²) in [6.45, 7) is 9.03. The molecule has 4 rings (SSSR count). The Morgan fingerprint density at radius 2 is 1.80 bits per heavy atom. The van der Waals surface area contributed by atoms with Gasteiger partial charge >= 0.3 is 6.03 Å². The molecule has 2 aromatic rings. The fourth-order valence-corrected chi connectivity index (χ4v) is 4.30. The van der Waals surface area contributed by atoms with Gasteiger partial charge in [-0.1, -0.05) is 36.4 Å². The largest absolute Gasteiger partial charge is 0.333 e. The molecule has 2 heterocycles. The molecule has 3 amide bonds. The Balaban J connectivity index is 1.27. The van der Waals surface area contributed by atoms with E-state index in [4.69, 9.17) is 0 Å². The van der Waals surface area contributed by atoms with Crippen molar-refractivity contribution in [3.8, 4) is 0 Å². The lowest BCUT2D eigenvalue weighted by Crippen LogP contribution is -3.13. The smallest absolute Gasteiger partial charge is 0.318 e. The predicted octanol–water partition coefficient (Wildman–Crippen LogP) is 1.52. The summed E-state index contributed by atoms with van der Waals surface area (Å²) in [7, 11) is 0. The molecule has 158 valence electrons. The summed E-state index contributed by atoms with van der Waals surface area (Å²) < 4.78 is 0. The first kappa shape index (κ1) is 20.4. The van der Waals surface area contributed by atoms with Gasteiger partial charge < -0.3 is 20.0 Å². The van der Waals surface area contributed by atoms with Crippen LogP contribution in [0.1, 0.15) is 23.1 Å². The predicted molar refractivity (Wildman–Crippen MR) is 118 cm³/mol. The first-order valence-corrected chi connectivity index (χ1v) is 10.8. The molecular weight excluding hydrogens is 376 g/mol. The van der Waals surface area contributed by atoms with E-state index in [1.807, 2.05) is 29.2 Å². The molecule has 2 aliphatic heterocycles. The molecule has 0 bridgehead atoms. The number of rotatable bonds is 4. The Labute approximate surface area is 178 Å². The van der Waals surface area contributed by atoms with Crippen LogP contribution >= 0.6 is 0 Å². The Morgan fingerprint density at radius 3 is 2.50 bits per heavy atom. The van der Waals surface area contributed by atoms with Crippen molar-refractivity contribution in [2.75, 3.05) is 37.6 Å². The molecule has 0 radical (unpaired) electrons. The normalized spacial score (nSPS) is 19.9. The van der Waals surface area contributed by atoms with Crippen molar-refractivity contribution < 1.29 is 14.5 Å². The minimum Gasteiger partial charge on any atom is -0.333 e. The summed E-state index contributed by atoms with van der Waals surface area (Å²) in [4.78, 5) is 30.4. The molecule has 0 aromatic heterocycles. The van der Waals surface area contributed by atoms with Crippen LogP contribution in [0.4, 0.5) is 10.5 Å². The highest BCUT2D eigenvalue weighted by molar-refractivity contribution is 5.97. The number of carbonyl (C=O) groups excluding carboxylic acids is 2. The van der Waals surface area contributed by atoms with Crippen LogP contribution in [-0.2, 0) is 11.3 Å². The Hall–Kier alpha value is -2.86. The second-order valence-electron chi connectivity index (χ2n) is 8.52. The van der Waals surface area contributed by atoms with E-state index < -0.39 is 0 Å². The van der Waals surface area contributed by atoms with Gasteiger partial charge in [0, 0.05) is 24.2 Å². The van der Waals surface area contributed by atoms with Crippen LogP contribution in [0.2, 0.25) is 0 Å². The number of piperazine rings is 1. The average Bonchev–Trinajstić information content (AvgIpc) is 3.11. The van der Waals surface area contributed by atoms with Gasteiger partial charge in [0.1, 0.15) is 6.54 Å². The van der Waals surface area contributed by atoms with E-state index in [9.17, 15) is 9.59 Å². The highest BCUT2D eigenvalue weighted by Crippen LogP contribution is 2.24. The lowest BCUT2D eigenvalue weighted by Gasteiger charge is -2.33. The number of carbonyl (C=O) groups is 2. The van der Waals surface area contributed by atoms with Crippen LogP contribution in [0, 0.1) is 13.8 Å². The maximum Gasteiger partial charge on any atom is 0.318 e. The Morgan fingerprint density at radius 1 is 1.07 bits per heavy atom. The quantitative estimate of drug-likeness (QED) is 0.808. The maximum absolute atomic E-state index is 12.7. The summed E-state index contributed by atoms with van der Waals surface area (Å²) in [5, 5.41) is 3.08. The van der Waals surface area contributed by atoms with Gasteiger partial charge in [0.05, 0.1) is 32.2 Å². The SMILES string of the molecule is Cc1ccc(N2C[C@H](NC(=O)N3CC[NH+](Cc4ccccc4)CC3)CC2=O)cc1C. The van der Waals surface area contributed by atoms with Gasteiger partial charge in [0.15, 0.2) is 0 Å². The molecular formula is C24H31N4O2+. The summed E-state index contributed by atoms with van der Waals surface area (Å²) >= 11 is 0. The molecule has 6 heteroatoms. The number of benzene rings is 2. The second kappa shape index (κ2) is 8.88. The van der Waals surface area contributed by atoms with Crippen molar-refractivity contribution >= 4 is 17.6 Å². The van der Waals surface area contributed by atoms with Crippen LogP contribution < -0.4 is 15.1 Å². The van der Waals surface area contributed by atoms with Gasteiger partial charge in [0.2, 0.25) is 5.91 Å². The van der Waals surface area contributed by atoms with E-state index in [1.165, 1.54) is 21.6 Å². The molecule has 2 fully saturated rings. The fourth-order valence-electron chi connectivity index (χ4n) is 4.30. The molecule has 2 saturated heterocycles. The number of aryl methyl sites for hydroxylation is 2. The number of amides is 3.